The van der Waals surface area contributed by atoms with Gasteiger partial charge in [0.05, 0.1) is 22.5 Å². The molecule has 3 rings (SSSR count). The van der Waals surface area contributed by atoms with Gasteiger partial charge in [-0.15, -0.1) is 0 Å². The summed E-state index contributed by atoms with van der Waals surface area (Å²) < 4.78 is 39.9. The Labute approximate surface area is 150 Å². The fourth-order valence-corrected chi connectivity index (χ4v) is 2.47. The SMILES string of the molecule is O=C(Nc1ccccc1)c1nn(-c2ccc(Cl)c(C(F)(F)F)c2)cc1O. The van der Waals surface area contributed by atoms with E-state index in [0.717, 1.165) is 23.0 Å². The van der Waals surface area contributed by atoms with Crippen molar-refractivity contribution in [3.8, 4) is 11.4 Å². The highest BCUT2D eigenvalue weighted by molar-refractivity contribution is 6.31. The number of nitrogens with zero attached hydrogens (tertiary/aromatic N) is 2. The van der Waals surface area contributed by atoms with Crippen molar-refractivity contribution in [3.63, 3.8) is 0 Å². The summed E-state index contributed by atoms with van der Waals surface area (Å²) in [6.07, 6.45) is -3.60. The molecule has 0 radical (unpaired) electrons. The molecule has 0 unspecified atom stereocenters. The zero-order valence-electron chi connectivity index (χ0n) is 13.0. The molecule has 0 saturated carbocycles. The van der Waals surface area contributed by atoms with Crippen LogP contribution in [0.1, 0.15) is 16.1 Å². The predicted octanol–water partition coefficient (Wildman–Crippen LogP) is 4.50. The molecule has 0 saturated heterocycles. The minimum Gasteiger partial charge on any atom is -0.504 e. The number of halogens is 4. The fraction of sp³-hybridized carbons (Fsp3) is 0.0588. The Morgan fingerprint density at radius 1 is 1.15 bits per heavy atom. The highest BCUT2D eigenvalue weighted by Crippen LogP contribution is 2.36. The first-order valence-corrected chi connectivity index (χ1v) is 7.65. The maximum absolute atomic E-state index is 13.0. The zero-order valence-corrected chi connectivity index (χ0v) is 13.7. The van der Waals surface area contributed by atoms with E-state index in [2.05, 4.69) is 10.4 Å². The Balaban J connectivity index is 1.92. The average molecular weight is 382 g/mol. The summed E-state index contributed by atoms with van der Waals surface area (Å²) in [6, 6.07) is 11.6. The van der Waals surface area contributed by atoms with E-state index in [0.29, 0.717) is 5.69 Å². The lowest BCUT2D eigenvalue weighted by molar-refractivity contribution is -0.137. The summed E-state index contributed by atoms with van der Waals surface area (Å²) in [4.78, 5) is 12.2. The molecule has 0 aliphatic carbocycles. The van der Waals surface area contributed by atoms with Gasteiger partial charge in [-0.05, 0) is 30.3 Å². The first-order chi connectivity index (χ1) is 12.3. The van der Waals surface area contributed by atoms with Crippen molar-refractivity contribution in [1.82, 2.24) is 9.78 Å². The molecule has 0 aliphatic heterocycles. The molecule has 0 aliphatic rings. The molecule has 1 amide bonds. The number of aromatic nitrogens is 2. The zero-order chi connectivity index (χ0) is 18.9. The summed E-state index contributed by atoms with van der Waals surface area (Å²) >= 11 is 5.58. The van der Waals surface area contributed by atoms with Crippen molar-refractivity contribution >= 4 is 23.2 Å². The molecule has 0 fully saturated rings. The van der Waals surface area contributed by atoms with Crippen LogP contribution in [-0.2, 0) is 6.18 Å². The summed E-state index contributed by atoms with van der Waals surface area (Å²) in [5, 5.41) is 15.9. The second-order valence-corrected chi connectivity index (χ2v) is 5.70. The van der Waals surface area contributed by atoms with Crippen LogP contribution in [0.25, 0.3) is 5.69 Å². The quantitative estimate of drug-likeness (QED) is 0.701. The van der Waals surface area contributed by atoms with E-state index in [9.17, 15) is 23.1 Å². The van der Waals surface area contributed by atoms with E-state index in [1.165, 1.54) is 6.07 Å². The number of nitrogens with one attached hydrogen (secondary N) is 1. The van der Waals surface area contributed by atoms with E-state index in [4.69, 9.17) is 11.6 Å². The van der Waals surface area contributed by atoms with Gasteiger partial charge < -0.3 is 10.4 Å². The van der Waals surface area contributed by atoms with Crippen LogP contribution < -0.4 is 5.32 Å². The number of para-hydroxylation sites is 1. The van der Waals surface area contributed by atoms with E-state index < -0.39 is 28.4 Å². The van der Waals surface area contributed by atoms with Crippen LogP contribution in [0.5, 0.6) is 5.75 Å². The van der Waals surface area contributed by atoms with Crippen LogP contribution >= 0.6 is 11.6 Å². The second kappa shape index (κ2) is 6.72. The molecule has 2 N–H and O–H groups in total. The number of anilines is 1. The molecule has 1 aromatic heterocycles. The Kier molecular flexibility index (Phi) is 4.60. The van der Waals surface area contributed by atoms with Crippen LogP contribution in [0.4, 0.5) is 18.9 Å². The number of aromatic hydroxyl groups is 1. The van der Waals surface area contributed by atoms with Crippen molar-refractivity contribution in [1.29, 1.82) is 0 Å². The lowest BCUT2D eigenvalue weighted by atomic mass is 10.2. The summed E-state index contributed by atoms with van der Waals surface area (Å²) in [6.45, 7) is 0. The number of alkyl halides is 3. The molecule has 0 atom stereocenters. The van der Waals surface area contributed by atoms with Gasteiger partial charge in [-0.3, -0.25) is 4.79 Å². The Morgan fingerprint density at radius 2 is 1.85 bits per heavy atom. The number of hydrogen-bond acceptors (Lipinski definition) is 3. The Hall–Kier alpha value is -3.00. The highest BCUT2D eigenvalue weighted by atomic mass is 35.5. The van der Waals surface area contributed by atoms with Gasteiger partial charge in [0.25, 0.3) is 5.91 Å². The van der Waals surface area contributed by atoms with E-state index in [1.807, 2.05) is 0 Å². The van der Waals surface area contributed by atoms with Gasteiger partial charge in [0.1, 0.15) is 0 Å². The van der Waals surface area contributed by atoms with Crippen LogP contribution in [0, 0.1) is 0 Å². The summed E-state index contributed by atoms with van der Waals surface area (Å²) in [5.41, 5.74) is -0.882. The Morgan fingerprint density at radius 3 is 2.50 bits per heavy atom. The molecular weight excluding hydrogens is 371 g/mol. The smallest absolute Gasteiger partial charge is 0.417 e. The average Bonchev–Trinajstić information content (AvgIpc) is 2.97. The standard InChI is InChI=1S/C17H11ClF3N3O2/c18-13-7-6-11(8-12(13)17(19,20)21)24-9-14(25)15(23-24)16(26)22-10-4-2-1-3-5-10/h1-9,25H,(H,22,26). The highest BCUT2D eigenvalue weighted by Gasteiger charge is 2.33. The van der Waals surface area contributed by atoms with Crippen molar-refractivity contribution in [2.45, 2.75) is 6.18 Å². The van der Waals surface area contributed by atoms with Crippen LogP contribution in [0.3, 0.4) is 0 Å². The number of hydrogen-bond donors (Lipinski definition) is 2. The molecule has 0 bridgehead atoms. The van der Waals surface area contributed by atoms with Crippen molar-refractivity contribution in [3.05, 3.63) is 71.0 Å². The number of benzene rings is 2. The maximum atomic E-state index is 13.0. The molecule has 1 heterocycles. The first kappa shape index (κ1) is 17.8. The number of rotatable bonds is 3. The van der Waals surface area contributed by atoms with E-state index >= 15 is 0 Å². The fourth-order valence-electron chi connectivity index (χ4n) is 2.24. The summed E-state index contributed by atoms with van der Waals surface area (Å²) in [5.74, 6) is -1.17. The van der Waals surface area contributed by atoms with Crippen LogP contribution in [0.15, 0.2) is 54.7 Å². The van der Waals surface area contributed by atoms with Gasteiger partial charge in [0, 0.05) is 5.69 Å². The minimum atomic E-state index is -4.64. The minimum absolute atomic E-state index is 0.00390. The molecule has 134 valence electrons. The predicted molar refractivity (Wildman–Crippen MR) is 89.6 cm³/mol. The molecule has 9 heteroatoms. The van der Waals surface area contributed by atoms with Gasteiger partial charge >= 0.3 is 6.18 Å². The van der Waals surface area contributed by atoms with Crippen molar-refractivity contribution < 1.29 is 23.1 Å². The molecule has 2 aromatic carbocycles. The third-order valence-corrected chi connectivity index (χ3v) is 3.79. The van der Waals surface area contributed by atoms with E-state index in [-0.39, 0.29) is 11.4 Å². The van der Waals surface area contributed by atoms with Crippen LogP contribution in [-0.4, -0.2) is 20.8 Å². The molecule has 0 spiro atoms. The monoisotopic (exact) mass is 381 g/mol. The maximum Gasteiger partial charge on any atom is 0.417 e. The van der Waals surface area contributed by atoms with Crippen LogP contribution in [0.2, 0.25) is 5.02 Å². The normalized spacial score (nSPS) is 11.4. The van der Waals surface area contributed by atoms with Gasteiger partial charge in [-0.1, -0.05) is 29.8 Å². The molecule has 3 aromatic rings. The molecule has 26 heavy (non-hydrogen) atoms. The van der Waals surface area contributed by atoms with Gasteiger partial charge in [0.15, 0.2) is 11.4 Å². The van der Waals surface area contributed by atoms with Gasteiger partial charge in [-0.2, -0.15) is 18.3 Å². The van der Waals surface area contributed by atoms with Crippen molar-refractivity contribution in [2.75, 3.05) is 5.32 Å². The lowest BCUT2D eigenvalue weighted by Gasteiger charge is -2.10. The number of carbonyl (C=O) groups excluding carboxylic acids is 1. The first-order valence-electron chi connectivity index (χ1n) is 7.28. The number of amides is 1. The van der Waals surface area contributed by atoms with E-state index in [1.54, 1.807) is 30.3 Å². The van der Waals surface area contributed by atoms with Gasteiger partial charge in [-0.25, -0.2) is 4.68 Å². The molecular formula is C17H11ClF3N3O2. The van der Waals surface area contributed by atoms with Crippen molar-refractivity contribution in [2.24, 2.45) is 0 Å². The van der Waals surface area contributed by atoms with Gasteiger partial charge in [0.2, 0.25) is 0 Å². The molecule has 5 nitrogen and oxygen atoms in total. The topological polar surface area (TPSA) is 67.2 Å². The number of carbonyl (C=O) groups is 1. The largest absolute Gasteiger partial charge is 0.504 e. The third kappa shape index (κ3) is 3.65. The second-order valence-electron chi connectivity index (χ2n) is 5.29. The third-order valence-electron chi connectivity index (χ3n) is 3.46. The lowest BCUT2D eigenvalue weighted by Crippen LogP contribution is -2.13. The Bertz CT molecular complexity index is 956. The summed E-state index contributed by atoms with van der Waals surface area (Å²) in [7, 11) is 0.